The fourth-order valence-electron chi connectivity index (χ4n) is 3.62. The molecule has 32 heavy (non-hydrogen) atoms. The Morgan fingerprint density at radius 1 is 1.06 bits per heavy atom. The molecule has 4 rings (SSSR count). The molecule has 0 saturated carbocycles. The molecule has 0 aliphatic carbocycles. The minimum Gasteiger partial charge on any atom is -0.484 e. The molecule has 1 amide bonds. The van der Waals surface area contributed by atoms with E-state index in [4.69, 9.17) is 4.74 Å². The molecule has 0 unspecified atom stereocenters. The molecule has 1 aliphatic rings. The number of fused-ring (bicyclic) bond motifs is 1. The first kappa shape index (κ1) is 22.0. The molecule has 0 saturated heterocycles. The number of carbonyl (C=O) groups is 1. The highest BCUT2D eigenvalue weighted by Crippen LogP contribution is 2.27. The number of nitrogens with zero attached hydrogens (tertiary/aromatic N) is 1. The molecule has 8 heteroatoms. The van der Waals surface area contributed by atoms with Gasteiger partial charge >= 0.3 is 0 Å². The predicted molar refractivity (Wildman–Crippen MR) is 119 cm³/mol. The lowest BCUT2D eigenvalue weighted by Gasteiger charge is -2.28. The Kier molecular flexibility index (Phi) is 6.25. The molecule has 0 aromatic heterocycles. The van der Waals surface area contributed by atoms with Gasteiger partial charge in [0, 0.05) is 18.8 Å². The number of halogens is 1. The van der Waals surface area contributed by atoms with Crippen molar-refractivity contribution < 1.29 is 22.3 Å². The third-order valence-electron chi connectivity index (χ3n) is 5.28. The lowest BCUT2D eigenvalue weighted by atomic mass is 10.0. The van der Waals surface area contributed by atoms with Crippen LogP contribution in [-0.2, 0) is 27.8 Å². The number of hydrogen-bond acceptors (Lipinski definition) is 4. The molecule has 6 nitrogen and oxygen atoms in total. The van der Waals surface area contributed by atoms with Gasteiger partial charge in [-0.2, -0.15) is 4.31 Å². The summed E-state index contributed by atoms with van der Waals surface area (Å²) in [4.78, 5) is 12.4. The van der Waals surface area contributed by atoms with Gasteiger partial charge in [0.2, 0.25) is 10.0 Å². The van der Waals surface area contributed by atoms with Gasteiger partial charge < -0.3 is 10.1 Å². The SMILES string of the molecule is Cc1cccc(OCC(=O)Nc2ccc3c(c2)CN(S(=O)(=O)c2ccc(F)cc2)CC3)c1. The van der Waals surface area contributed by atoms with Crippen LogP contribution in [0, 0.1) is 12.7 Å². The Morgan fingerprint density at radius 3 is 2.59 bits per heavy atom. The first-order valence-corrected chi connectivity index (χ1v) is 11.6. The molecule has 0 fully saturated rings. The maximum atomic E-state index is 13.2. The average Bonchev–Trinajstić information content (AvgIpc) is 2.77. The van der Waals surface area contributed by atoms with Gasteiger partial charge in [0.15, 0.2) is 6.61 Å². The summed E-state index contributed by atoms with van der Waals surface area (Å²) in [5, 5.41) is 2.79. The third-order valence-corrected chi connectivity index (χ3v) is 7.14. The molecule has 1 aliphatic heterocycles. The van der Waals surface area contributed by atoms with Crippen LogP contribution in [0.1, 0.15) is 16.7 Å². The van der Waals surface area contributed by atoms with E-state index in [9.17, 15) is 17.6 Å². The van der Waals surface area contributed by atoms with Crippen LogP contribution in [0.5, 0.6) is 5.75 Å². The zero-order valence-corrected chi connectivity index (χ0v) is 18.4. The van der Waals surface area contributed by atoms with E-state index < -0.39 is 15.8 Å². The summed E-state index contributed by atoms with van der Waals surface area (Å²) in [7, 11) is -3.74. The monoisotopic (exact) mass is 454 g/mol. The Morgan fingerprint density at radius 2 is 1.84 bits per heavy atom. The number of rotatable bonds is 6. The number of carbonyl (C=O) groups excluding carboxylic acids is 1. The van der Waals surface area contributed by atoms with Gasteiger partial charge in [0.05, 0.1) is 4.90 Å². The van der Waals surface area contributed by atoms with Crippen molar-refractivity contribution in [2.75, 3.05) is 18.5 Å². The van der Waals surface area contributed by atoms with E-state index in [-0.39, 0.29) is 24.0 Å². The second-order valence-electron chi connectivity index (χ2n) is 7.68. The number of hydrogen-bond donors (Lipinski definition) is 1. The number of nitrogens with one attached hydrogen (secondary N) is 1. The highest BCUT2D eigenvalue weighted by molar-refractivity contribution is 7.89. The van der Waals surface area contributed by atoms with E-state index in [1.807, 2.05) is 31.2 Å². The number of ether oxygens (including phenoxy) is 1. The fourth-order valence-corrected chi connectivity index (χ4v) is 5.04. The second-order valence-corrected chi connectivity index (χ2v) is 9.62. The maximum absolute atomic E-state index is 13.2. The van der Waals surface area contributed by atoms with Crippen LogP contribution in [0.2, 0.25) is 0 Å². The molecule has 1 heterocycles. The smallest absolute Gasteiger partial charge is 0.262 e. The highest BCUT2D eigenvalue weighted by atomic mass is 32.2. The summed E-state index contributed by atoms with van der Waals surface area (Å²) in [6.45, 7) is 2.33. The minimum absolute atomic E-state index is 0.0557. The lowest BCUT2D eigenvalue weighted by molar-refractivity contribution is -0.118. The zero-order valence-electron chi connectivity index (χ0n) is 17.5. The fraction of sp³-hybridized carbons (Fsp3) is 0.208. The van der Waals surface area contributed by atoms with Gasteiger partial charge in [-0.3, -0.25) is 4.79 Å². The lowest BCUT2D eigenvalue weighted by Crippen LogP contribution is -2.36. The maximum Gasteiger partial charge on any atom is 0.262 e. The molecule has 3 aromatic rings. The molecule has 0 bridgehead atoms. The number of amides is 1. The minimum atomic E-state index is -3.74. The van der Waals surface area contributed by atoms with Gasteiger partial charge in [-0.25, -0.2) is 12.8 Å². The van der Waals surface area contributed by atoms with Crippen molar-refractivity contribution in [3.63, 3.8) is 0 Å². The summed E-state index contributed by atoms with van der Waals surface area (Å²) in [5.41, 5.74) is 3.46. The number of anilines is 1. The van der Waals surface area contributed by atoms with Crippen LogP contribution in [0.25, 0.3) is 0 Å². The second kappa shape index (κ2) is 9.10. The first-order valence-electron chi connectivity index (χ1n) is 10.2. The van der Waals surface area contributed by atoms with Crippen molar-refractivity contribution in [3.8, 4) is 5.75 Å². The zero-order chi connectivity index (χ0) is 22.7. The molecule has 1 N–H and O–H groups in total. The van der Waals surface area contributed by atoms with Crippen molar-refractivity contribution >= 4 is 21.6 Å². The van der Waals surface area contributed by atoms with Crippen molar-refractivity contribution in [2.24, 2.45) is 0 Å². The van der Waals surface area contributed by atoms with Crippen molar-refractivity contribution in [2.45, 2.75) is 24.8 Å². The van der Waals surface area contributed by atoms with Crippen LogP contribution < -0.4 is 10.1 Å². The van der Waals surface area contributed by atoms with E-state index in [0.717, 1.165) is 28.8 Å². The number of sulfonamides is 1. The van der Waals surface area contributed by atoms with E-state index in [0.29, 0.717) is 24.4 Å². The molecular weight excluding hydrogens is 431 g/mol. The summed E-state index contributed by atoms with van der Waals surface area (Å²) < 4.78 is 45.9. The number of aryl methyl sites for hydroxylation is 1. The van der Waals surface area contributed by atoms with Crippen LogP contribution in [-0.4, -0.2) is 31.8 Å². The van der Waals surface area contributed by atoms with Crippen LogP contribution in [0.3, 0.4) is 0 Å². The van der Waals surface area contributed by atoms with Gasteiger partial charge in [-0.15, -0.1) is 0 Å². The highest BCUT2D eigenvalue weighted by Gasteiger charge is 2.28. The van der Waals surface area contributed by atoms with Gasteiger partial charge in [0.1, 0.15) is 11.6 Å². The van der Waals surface area contributed by atoms with Gasteiger partial charge in [-0.05, 0) is 78.6 Å². The standard InChI is InChI=1S/C24H23FN2O4S/c1-17-3-2-4-22(13-17)31-16-24(28)26-21-8-5-18-11-12-27(15-19(18)14-21)32(29,30)23-9-6-20(25)7-10-23/h2-10,13-14H,11-12,15-16H2,1H3,(H,26,28). The first-order chi connectivity index (χ1) is 15.3. The Labute approximate surface area is 186 Å². The van der Waals surface area contributed by atoms with Crippen molar-refractivity contribution in [3.05, 3.63) is 89.2 Å². The predicted octanol–water partition coefficient (Wildman–Crippen LogP) is 3.90. The third kappa shape index (κ3) is 4.98. The topological polar surface area (TPSA) is 75.7 Å². The molecule has 0 spiro atoms. The molecular formula is C24H23FN2O4S. The summed E-state index contributed by atoms with van der Waals surface area (Å²) >= 11 is 0. The van der Waals surface area contributed by atoms with E-state index in [2.05, 4.69) is 5.32 Å². The Balaban J connectivity index is 1.43. The Hall–Kier alpha value is -3.23. The molecule has 0 radical (unpaired) electrons. The molecule has 166 valence electrons. The van der Waals surface area contributed by atoms with E-state index in [1.54, 1.807) is 18.2 Å². The summed E-state index contributed by atoms with van der Waals surface area (Å²) in [6, 6.07) is 17.7. The van der Waals surface area contributed by atoms with Crippen molar-refractivity contribution in [1.82, 2.24) is 4.31 Å². The van der Waals surface area contributed by atoms with E-state index >= 15 is 0 Å². The largest absolute Gasteiger partial charge is 0.484 e. The van der Waals surface area contributed by atoms with E-state index in [1.165, 1.54) is 16.4 Å². The van der Waals surface area contributed by atoms with Crippen LogP contribution in [0.15, 0.2) is 71.6 Å². The van der Waals surface area contributed by atoms with Crippen LogP contribution in [0.4, 0.5) is 10.1 Å². The summed E-state index contributed by atoms with van der Waals surface area (Å²) in [5.74, 6) is -0.176. The average molecular weight is 455 g/mol. The molecule has 0 atom stereocenters. The summed E-state index contributed by atoms with van der Waals surface area (Å²) in [6.07, 6.45) is 0.556. The van der Waals surface area contributed by atoms with Crippen LogP contribution >= 0.6 is 0 Å². The quantitative estimate of drug-likeness (QED) is 0.613. The Bertz CT molecular complexity index is 1240. The normalized spacial score (nSPS) is 13.9. The van der Waals surface area contributed by atoms with Gasteiger partial charge in [0.25, 0.3) is 5.91 Å². The van der Waals surface area contributed by atoms with Crippen molar-refractivity contribution in [1.29, 1.82) is 0 Å². The molecule has 3 aromatic carbocycles. The van der Waals surface area contributed by atoms with Gasteiger partial charge in [-0.1, -0.05) is 18.2 Å². The number of benzene rings is 3.